The molecule has 2 aromatic heterocycles. The molecule has 5 nitrogen and oxygen atoms in total. The van der Waals surface area contributed by atoms with Gasteiger partial charge in [0.05, 0.1) is 0 Å². The zero-order chi connectivity index (χ0) is 14.2. The second kappa shape index (κ2) is 9.13. The quantitative estimate of drug-likeness (QED) is 0.769. The maximum absolute atomic E-state index is 5.67. The van der Waals surface area contributed by atoms with Crippen LogP contribution in [0.3, 0.4) is 0 Å². The Morgan fingerprint density at radius 2 is 2.10 bits per heavy atom. The second-order valence-corrected chi connectivity index (χ2v) is 4.74. The zero-order valence-electron chi connectivity index (χ0n) is 12.2. The molecule has 0 bridgehead atoms. The molecule has 0 aliphatic carbocycles. The van der Waals surface area contributed by atoms with Crippen LogP contribution in [0.2, 0.25) is 0 Å². The van der Waals surface area contributed by atoms with Gasteiger partial charge in [0.15, 0.2) is 0 Å². The van der Waals surface area contributed by atoms with Crippen LogP contribution in [0.25, 0.3) is 0 Å². The Hall–Kier alpha value is -1.88. The van der Waals surface area contributed by atoms with Gasteiger partial charge in [0.25, 0.3) is 0 Å². The van der Waals surface area contributed by atoms with Gasteiger partial charge in [-0.15, -0.1) is 12.4 Å². The van der Waals surface area contributed by atoms with E-state index in [0.29, 0.717) is 5.95 Å². The number of nitrogens with two attached hydrogens (primary N) is 1. The van der Waals surface area contributed by atoms with E-state index in [9.17, 15) is 0 Å². The molecule has 0 amide bonds. The van der Waals surface area contributed by atoms with E-state index in [2.05, 4.69) is 33.3 Å². The standard InChI is InChI=1S/C15H21N5.ClH/c1-2-3-9-18-14-13(11-19-15(16)20-14)7-6-12-5-4-8-17-10-12;/h4-5,8,10-11H,2-3,6-7,9H2,1H3,(H3,16,18,19,20);1H. The first-order chi connectivity index (χ1) is 9.79. The fourth-order valence-electron chi connectivity index (χ4n) is 1.97. The van der Waals surface area contributed by atoms with Crippen molar-refractivity contribution in [2.75, 3.05) is 17.6 Å². The summed E-state index contributed by atoms with van der Waals surface area (Å²) in [5, 5.41) is 3.34. The first kappa shape index (κ1) is 17.2. The van der Waals surface area contributed by atoms with Crippen LogP contribution >= 0.6 is 12.4 Å². The van der Waals surface area contributed by atoms with Crippen molar-refractivity contribution in [1.82, 2.24) is 15.0 Å². The van der Waals surface area contributed by atoms with Crippen molar-refractivity contribution in [3.8, 4) is 0 Å². The van der Waals surface area contributed by atoms with Crippen LogP contribution in [-0.4, -0.2) is 21.5 Å². The molecule has 0 atom stereocenters. The molecule has 3 N–H and O–H groups in total. The number of nitrogens with zero attached hydrogens (tertiary/aromatic N) is 3. The SMILES string of the molecule is CCCCNc1nc(N)ncc1CCc1cccnc1.Cl. The fraction of sp³-hybridized carbons (Fsp3) is 0.400. The normalized spacial score (nSPS) is 9.95. The lowest BCUT2D eigenvalue weighted by Crippen LogP contribution is -2.09. The molecule has 2 rings (SSSR count). The molecule has 2 heterocycles. The summed E-state index contributed by atoms with van der Waals surface area (Å²) >= 11 is 0. The molecule has 0 spiro atoms. The Balaban J connectivity index is 0.00000220. The number of anilines is 2. The van der Waals surface area contributed by atoms with Gasteiger partial charge in [0.1, 0.15) is 5.82 Å². The van der Waals surface area contributed by atoms with E-state index in [4.69, 9.17) is 5.73 Å². The van der Waals surface area contributed by atoms with E-state index in [1.54, 1.807) is 6.20 Å². The molecule has 0 fully saturated rings. The highest BCUT2D eigenvalue weighted by atomic mass is 35.5. The number of rotatable bonds is 7. The Bertz CT molecular complexity index is 533. The van der Waals surface area contributed by atoms with E-state index >= 15 is 0 Å². The molecule has 0 saturated carbocycles. The molecule has 0 aromatic carbocycles. The lowest BCUT2D eigenvalue weighted by molar-refractivity contribution is 0.825. The smallest absolute Gasteiger partial charge is 0.221 e. The topological polar surface area (TPSA) is 76.7 Å². The lowest BCUT2D eigenvalue weighted by Gasteiger charge is -2.11. The van der Waals surface area contributed by atoms with Crippen LogP contribution in [0.15, 0.2) is 30.7 Å². The summed E-state index contributed by atoms with van der Waals surface area (Å²) in [7, 11) is 0. The van der Waals surface area contributed by atoms with Crippen molar-refractivity contribution >= 4 is 24.2 Å². The van der Waals surface area contributed by atoms with E-state index in [1.165, 1.54) is 5.56 Å². The predicted molar refractivity (Wildman–Crippen MR) is 88.7 cm³/mol. The maximum Gasteiger partial charge on any atom is 0.221 e. The summed E-state index contributed by atoms with van der Waals surface area (Å²) in [5.74, 6) is 1.17. The number of hydrogen-bond acceptors (Lipinski definition) is 5. The second-order valence-electron chi connectivity index (χ2n) is 4.74. The molecule has 2 aromatic rings. The Labute approximate surface area is 131 Å². The maximum atomic E-state index is 5.67. The number of halogens is 1. The summed E-state index contributed by atoms with van der Waals surface area (Å²) in [6, 6.07) is 4.03. The number of hydrogen-bond donors (Lipinski definition) is 2. The minimum Gasteiger partial charge on any atom is -0.370 e. The van der Waals surface area contributed by atoms with Gasteiger partial charge in [0.2, 0.25) is 5.95 Å². The number of unbranched alkanes of at least 4 members (excludes halogenated alkanes) is 1. The lowest BCUT2D eigenvalue weighted by atomic mass is 10.1. The third-order valence-corrected chi connectivity index (χ3v) is 3.11. The van der Waals surface area contributed by atoms with Gasteiger partial charge in [-0.2, -0.15) is 4.98 Å². The van der Waals surface area contributed by atoms with Crippen LogP contribution in [0.4, 0.5) is 11.8 Å². The minimum atomic E-state index is 0. The van der Waals surface area contributed by atoms with Crippen LogP contribution in [0.5, 0.6) is 0 Å². The molecule has 0 aliphatic heterocycles. The van der Waals surface area contributed by atoms with Crippen LogP contribution in [0, 0.1) is 0 Å². The molecule has 21 heavy (non-hydrogen) atoms. The van der Waals surface area contributed by atoms with Gasteiger partial charge in [0, 0.05) is 30.7 Å². The first-order valence-corrected chi connectivity index (χ1v) is 7.03. The van der Waals surface area contributed by atoms with Crippen molar-refractivity contribution < 1.29 is 0 Å². The molecular weight excluding hydrogens is 286 g/mol. The van der Waals surface area contributed by atoms with E-state index in [0.717, 1.165) is 43.6 Å². The third-order valence-electron chi connectivity index (χ3n) is 3.11. The summed E-state index contributed by atoms with van der Waals surface area (Å²) in [6.45, 7) is 3.08. The van der Waals surface area contributed by atoms with Gasteiger partial charge in [-0.25, -0.2) is 4.98 Å². The number of nitrogens with one attached hydrogen (secondary N) is 1. The van der Waals surface area contributed by atoms with Crippen molar-refractivity contribution in [2.45, 2.75) is 32.6 Å². The molecule has 0 saturated heterocycles. The molecule has 0 radical (unpaired) electrons. The van der Waals surface area contributed by atoms with Crippen molar-refractivity contribution in [1.29, 1.82) is 0 Å². The predicted octanol–water partition coefficient (Wildman–Crippen LogP) is 2.87. The monoisotopic (exact) mass is 307 g/mol. The highest BCUT2D eigenvalue weighted by molar-refractivity contribution is 5.85. The summed E-state index contributed by atoms with van der Waals surface area (Å²) in [5.41, 5.74) is 7.98. The first-order valence-electron chi connectivity index (χ1n) is 7.03. The van der Waals surface area contributed by atoms with Crippen molar-refractivity contribution in [3.63, 3.8) is 0 Å². The van der Waals surface area contributed by atoms with Gasteiger partial charge in [-0.1, -0.05) is 19.4 Å². The summed E-state index contributed by atoms with van der Waals surface area (Å²) in [6.07, 6.45) is 9.55. The summed E-state index contributed by atoms with van der Waals surface area (Å²) < 4.78 is 0. The number of aromatic nitrogens is 3. The van der Waals surface area contributed by atoms with Gasteiger partial charge < -0.3 is 11.1 Å². The number of aryl methyl sites for hydroxylation is 2. The van der Waals surface area contributed by atoms with E-state index in [1.807, 2.05) is 18.5 Å². The largest absolute Gasteiger partial charge is 0.370 e. The minimum absolute atomic E-state index is 0. The third kappa shape index (κ3) is 5.55. The number of nitrogen functional groups attached to an aromatic ring is 1. The van der Waals surface area contributed by atoms with Crippen LogP contribution in [0.1, 0.15) is 30.9 Å². The fourth-order valence-corrected chi connectivity index (χ4v) is 1.97. The van der Waals surface area contributed by atoms with E-state index in [-0.39, 0.29) is 12.4 Å². The molecule has 0 unspecified atom stereocenters. The Morgan fingerprint density at radius 1 is 1.24 bits per heavy atom. The van der Waals surface area contributed by atoms with Crippen LogP contribution in [-0.2, 0) is 12.8 Å². The Morgan fingerprint density at radius 3 is 2.81 bits per heavy atom. The van der Waals surface area contributed by atoms with Crippen molar-refractivity contribution in [3.05, 3.63) is 41.9 Å². The average Bonchev–Trinajstić information content (AvgIpc) is 2.48. The highest BCUT2D eigenvalue weighted by Gasteiger charge is 2.06. The van der Waals surface area contributed by atoms with Gasteiger partial charge in [-0.05, 0) is 30.9 Å². The van der Waals surface area contributed by atoms with E-state index < -0.39 is 0 Å². The highest BCUT2D eigenvalue weighted by Crippen LogP contribution is 2.15. The zero-order valence-corrected chi connectivity index (χ0v) is 13.1. The van der Waals surface area contributed by atoms with Gasteiger partial charge >= 0.3 is 0 Å². The molecular formula is C15H22ClN5. The molecule has 6 heteroatoms. The number of pyridine rings is 1. The van der Waals surface area contributed by atoms with Gasteiger partial charge in [-0.3, -0.25) is 4.98 Å². The molecule has 114 valence electrons. The molecule has 0 aliphatic rings. The van der Waals surface area contributed by atoms with Crippen molar-refractivity contribution in [2.24, 2.45) is 0 Å². The Kier molecular flexibility index (Phi) is 7.46. The van der Waals surface area contributed by atoms with Crippen LogP contribution < -0.4 is 11.1 Å². The average molecular weight is 308 g/mol. The summed E-state index contributed by atoms with van der Waals surface area (Å²) in [4.78, 5) is 12.5.